The lowest BCUT2D eigenvalue weighted by atomic mass is 10.1. The van der Waals surface area contributed by atoms with Gasteiger partial charge in [0.25, 0.3) is 0 Å². The molecule has 0 saturated carbocycles. The number of rotatable bonds is 6. The fourth-order valence-electron chi connectivity index (χ4n) is 5.19. The van der Waals surface area contributed by atoms with Crippen LogP contribution in [-0.4, -0.2) is 72.1 Å². The van der Waals surface area contributed by atoms with Crippen molar-refractivity contribution >= 4 is 22.8 Å². The summed E-state index contributed by atoms with van der Waals surface area (Å²) in [5.74, 6) is 2.25. The van der Waals surface area contributed by atoms with Gasteiger partial charge in [-0.1, -0.05) is 13.3 Å². The number of morpholine rings is 1. The van der Waals surface area contributed by atoms with E-state index in [-0.39, 0.29) is 18.7 Å². The van der Waals surface area contributed by atoms with E-state index < -0.39 is 0 Å². The summed E-state index contributed by atoms with van der Waals surface area (Å²) in [5.41, 5.74) is 9.45. The molecule has 0 bridgehead atoms. The molecular weight excluding hydrogens is 456 g/mol. The molecule has 192 valence electrons. The molecular formula is C27H36N6O3. The van der Waals surface area contributed by atoms with Crippen LogP contribution in [0.3, 0.4) is 0 Å². The second kappa shape index (κ2) is 10.9. The second-order valence-electron chi connectivity index (χ2n) is 9.63. The van der Waals surface area contributed by atoms with Crippen LogP contribution < -0.4 is 20.3 Å². The van der Waals surface area contributed by atoms with Gasteiger partial charge in [-0.05, 0) is 49.6 Å². The number of aliphatic hydroxyl groups excluding tert-OH is 1. The number of hydrogen-bond acceptors (Lipinski definition) is 9. The molecule has 0 spiro atoms. The van der Waals surface area contributed by atoms with E-state index in [1.165, 1.54) is 0 Å². The van der Waals surface area contributed by atoms with Crippen LogP contribution in [0.4, 0.5) is 11.8 Å². The van der Waals surface area contributed by atoms with Crippen LogP contribution in [0.1, 0.15) is 38.2 Å². The zero-order chi connectivity index (χ0) is 25.1. The van der Waals surface area contributed by atoms with Crippen LogP contribution in [0.5, 0.6) is 5.75 Å². The predicted octanol–water partition coefficient (Wildman–Crippen LogP) is 3.13. The molecule has 5 rings (SSSR count). The first kappa shape index (κ1) is 24.7. The summed E-state index contributed by atoms with van der Waals surface area (Å²) in [6, 6.07) is 10.2. The average Bonchev–Trinajstić information content (AvgIpc) is 3.15. The minimum Gasteiger partial charge on any atom is -0.496 e. The Balaban J connectivity index is 1.63. The van der Waals surface area contributed by atoms with Gasteiger partial charge in [-0.25, -0.2) is 4.98 Å². The largest absolute Gasteiger partial charge is 0.496 e. The number of pyridine rings is 1. The lowest BCUT2D eigenvalue weighted by Gasteiger charge is -2.37. The van der Waals surface area contributed by atoms with Crippen molar-refractivity contribution in [2.24, 2.45) is 5.73 Å². The quantitative estimate of drug-likeness (QED) is 0.536. The summed E-state index contributed by atoms with van der Waals surface area (Å²) in [6.45, 7) is 5.85. The monoisotopic (exact) mass is 492 g/mol. The normalized spacial score (nSPS) is 21.0. The molecule has 3 N–H and O–H groups in total. The van der Waals surface area contributed by atoms with Crippen molar-refractivity contribution in [1.82, 2.24) is 15.0 Å². The standard InChI is InChI=1S/C27H36N6O3/c1-3-21-17-36-13-12-33(21)26-22-8-9-23(18-7-10-24(35-2)19(14-18)16-34)29-25(22)30-27(31-26)32-11-5-4-6-20(28)15-32/h7-10,14,20-21,34H,3-6,11-13,15-17,28H2,1-2H3/t20?,21-/m0/s1. The highest BCUT2D eigenvalue weighted by atomic mass is 16.5. The summed E-state index contributed by atoms with van der Waals surface area (Å²) < 4.78 is 11.1. The first-order valence-electron chi connectivity index (χ1n) is 12.9. The number of methoxy groups -OCH3 is 1. The average molecular weight is 493 g/mol. The van der Waals surface area contributed by atoms with Gasteiger partial charge in [0.1, 0.15) is 11.6 Å². The van der Waals surface area contributed by atoms with Gasteiger partial charge in [-0.2, -0.15) is 9.97 Å². The molecule has 0 radical (unpaired) electrons. The molecule has 9 heteroatoms. The number of anilines is 2. The summed E-state index contributed by atoms with van der Waals surface area (Å²) in [6.07, 6.45) is 4.18. The van der Waals surface area contributed by atoms with Crippen molar-refractivity contribution in [2.45, 2.75) is 51.3 Å². The Kier molecular flexibility index (Phi) is 7.50. The highest BCUT2D eigenvalue weighted by molar-refractivity contribution is 5.90. The third-order valence-corrected chi connectivity index (χ3v) is 7.24. The molecule has 2 saturated heterocycles. The molecule has 36 heavy (non-hydrogen) atoms. The number of nitrogens with two attached hydrogens (primary N) is 1. The minimum absolute atomic E-state index is 0.105. The van der Waals surface area contributed by atoms with Crippen molar-refractivity contribution in [3.05, 3.63) is 35.9 Å². The second-order valence-corrected chi connectivity index (χ2v) is 9.63. The fourth-order valence-corrected chi connectivity index (χ4v) is 5.19. The number of aliphatic hydroxyl groups is 1. The van der Waals surface area contributed by atoms with E-state index in [4.69, 9.17) is 30.2 Å². The molecule has 2 aliphatic heterocycles. The van der Waals surface area contributed by atoms with Gasteiger partial charge < -0.3 is 30.1 Å². The maximum absolute atomic E-state index is 9.79. The Labute approximate surface area is 212 Å². The van der Waals surface area contributed by atoms with Crippen LogP contribution >= 0.6 is 0 Å². The van der Waals surface area contributed by atoms with E-state index >= 15 is 0 Å². The lowest BCUT2D eigenvalue weighted by molar-refractivity contribution is 0.0927. The molecule has 2 atom stereocenters. The number of fused-ring (bicyclic) bond motifs is 1. The number of aromatic nitrogens is 3. The zero-order valence-corrected chi connectivity index (χ0v) is 21.2. The molecule has 4 heterocycles. The van der Waals surface area contributed by atoms with E-state index in [0.717, 1.165) is 73.3 Å². The fraction of sp³-hybridized carbons (Fsp3) is 0.519. The van der Waals surface area contributed by atoms with Crippen LogP contribution in [0.15, 0.2) is 30.3 Å². The van der Waals surface area contributed by atoms with Crippen molar-refractivity contribution < 1.29 is 14.6 Å². The predicted molar refractivity (Wildman–Crippen MR) is 142 cm³/mol. The number of hydrogen-bond donors (Lipinski definition) is 2. The van der Waals surface area contributed by atoms with Crippen LogP contribution in [0.25, 0.3) is 22.3 Å². The summed E-state index contributed by atoms with van der Waals surface area (Å²) in [5, 5.41) is 10.7. The number of ether oxygens (including phenoxy) is 2. The SMILES string of the molecule is CC[C@H]1COCCN1c1nc(N2CCCCC(N)C2)nc2nc(-c3ccc(OC)c(CO)c3)ccc12. The van der Waals surface area contributed by atoms with Gasteiger partial charge in [0.15, 0.2) is 5.65 Å². The third-order valence-electron chi connectivity index (χ3n) is 7.24. The lowest BCUT2D eigenvalue weighted by Crippen LogP contribution is -2.46. The summed E-state index contributed by atoms with van der Waals surface area (Å²) >= 11 is 0. The van der Waals surface area contributed by atoms with Gasteiger partial charge in [-0.3, -0.25) is 0 Å². The molecule has 9 nitrogen and oxygen atoms in total. The van der Waals surface area contributed by atoms with E-state index in [1.54, 1.807) is 7.11 Å². The van der Waals surface area contributed by atoms with Crippen molar-refractivity contribution in [2.75, 3.05) is 49.8 Å². The van der Waals surface area contributed by atoms with Crippen molar-refractivity contribution in [3.8, 4) is 17.0 Å². The Bertz CT molecular complexity index is 1210. The molecule has 0 amide bonds. The van der Waals surface area contributed by atoms with Crippen molar-refractivity contribution in [1.29, 1.82) is 0 Å². The van der Waals surface area contributed by atoms with E-state index in [1.807, 2.05) is 24.3 Å². The third kappa shape index (κ3) is 4.96. The highest BCUT2D eigenvalue weighted by Gasteiger charge is 2.27. The van der Waals surface area contributed by atoms with Gasteiger partial charge in [0.05, 0.1) is 44.1 Å². The van der Waals surface area contributed by atoms with Gasteiger partial charge in [0.2, 0.25) is 5.95 Å². The smallest absolute Gasteiger partial charge is 0.229 e. The zero-order valence-electron chi connectivity index (χ0n) is 21.2. The first-order chi connectivity index (χ1) is 17.6. The topological polar surface area (TPSA) is 110 Å². The van der Waals surface area contributed by atoms with Gasteiger partial charge in [-0.15, -0.1) is 0 Å². The molecule has 0 aliphatic carbocycles. The Morgan fingerprint density at radius 1 is 1.14 bits per heavy atom. The molecule has 3 aromatic rings. The van der Waals surface area contributed by atoms with E-state index in [2.05, 4.69) is 22.8 Å². The summed E-state index contributed by atoms with van der Waals surface area (Å²) in [4.78, 5) is 19.6. The molecule has 1 unspecified atom stereocenters. The Hall–Kier alpha value is -3.01. The Morgan fingerprint density at radius 3 is 2.83 bits per heavy atom. The molecule has 2 aromatic heterocycles. The highest BCUT2D eigenvalue weighted by Crippen LogP contribution is 2.32. The maximum Gasteiger partial charge on any atom is 0.229 e. The molecule has 2 fully saturated rings. The van der Waals surface area contributed by atoms with Crippen LogP contribution in [0.2, 0.25) is 0 Å². The summed E-state index contributed by atoms with van der Waals surface area (Å²) in [7, 11) is 1.60. The van der Waals surface area contributed by atoms with Crippen LogP contribution in [-0.2, 0) is 11.3 Å². The van der Waals surface area contributed by atoms with E-state index in [9.17, 15) is 5.11 Å². The number of nitrogens with zero attached hydrogens (tertiary/aromatic N) is 5. The molecule has 1 aromatic carbocycles. The van der Waals surface area contributed by atoms with Crippen molar-refractivity contribution in [3.63, 3.8) is 0 Å². The Morgan fingerprint density at radius 2 is 2.03 bits per heavy atom. The van der Waals surface area contributed by atoms with Gasteiger partial charge in [0, 0.05) is 36.8 Å². The number of benzene rings is 1. The van der Waals surface area contributed by atoms with Crippen LogP contribution in [0, 0.1) is 0 Å². The van der Waals surface area contributed by atoms with Gasteiger partial charge >= 0.3 is 0 Å². The van der Waals surface area contributed by atoms with E-state index in [0.29, 0.717) is 30.6 Å². The first-order valence-corrected chi connectivity index (χ1v) is 12.9. The minimum atomic E-state index is -0.105. The molecule has 2 aliphatic rings. The maximum atomic E-state index is 9.79.